The fraction of sp³-hybridized carbons (Fsp3) is 0.704. The molecule has 2 aliphatic carbocycles. The van der Waals surface area contributed by atoms with E-state index in [1.807, 2.05) is 33.2 Å². The van der Waals surface area contributed by atoms with E-state index in [-0.39, 0.29) is 17.3 Å². The highest BCUT2D eigenvalue weighted by Crippen LogP contribution is 2.43. The molecule has 2 N–H and O–H groups in total. The van der Waals surface area contributed by atoms with E-state index in [4.69, 9.17) is 9.47 Å². The Balaban J connectivity index is 1.64. The van der Waals surface area contributed by atoms with E-state index >= 15 is 0 Å². The maximum absolute atomic E-state index is 12.7. The maximum atomic E-state index is 12.7. The summed E-state index contributed by atoms with van der Waals surface area (Å²) in [5.41, 5.74) is -0.401. The van der Waals surface area contributed by atoms with Crippen molar-refractivity contribution >= 4 is 12.1 Å². The van der Waals surface area contributed by atoms with Gasteiger partial charge in [0.05, 0.1) is 18.6 Å². The zero-order valence-corrected chi connectivity index (χ0v) is 21.1. The Labute approximate surface area is 204 Å². The van der Waals surface area contributed by atoms with Crippen molar-refractivity contribution in [3.8, 4) is 5.75 Å². The third kappa shape index (κ3) is 6.95. The van der Waals surface area contributed by atoms with Crippen LogP contribution in [0.3, 0.4) is 0 Å². The minimum absolute atomic E-state index is 0.134. The summed E-state index contributed by atoms with van der Waals surface area (Å²) in [6, 6.07) is 7.30. The van der Waals surface area contributed by atoms with E-state index in [0.29, 0.717) is 31.7 Å². The van der Waals surface area contributed by atoms with Crippen molar-refractivity contribution in [2.45, 2.75) is 76.7 Å². The Morgan fingerprint density at radius 3 is 2.56 bits per heavy atom. The third-order valence-electron chi connectivity index (χ3n) is 7.51. The van der Waals surface area contributed by atoms with Gasteiger partial charge < -0.3 is 24.8 Å². The van der Waals surface area contributed by atoms with Gasteiger partial charge >= 0.3 is 12.1 Å². The summed E-state index contributed by atoms with van der Waals surface area (Å²) in [5, 5.41) is 14.5. The lowest BCUT2D eigenvalue weighted by Crippen LogP contribution is -2.43. The zero-order chi connectivity index (χ0) is 24.6. The fourth-order valence-electron chi connectivity index (χ4n) is 5.76. The minimum atomic E-state index is -0.926. The molecular weight excluding hydrogens is 432 g/mol. The van der Waals surface area contributed by atoms with Gasteiger partial charge in [-0.05, 0) is 69.8 Å². The molecule has 34 heavy (non-hydrogen) atoms. The van der Waals surface area contributed by atoms with Crippen molar-refractivity contribution in [1.82, 2.24) is 10.2 Å². The SMILES string of the molecule is CCOC(=O)CC1(CNC(=O)Oc2cccc([C@]3(O)CCCC[C@@H]3CN(C)C)c2)CCCCC1. The number of esters is 1. The molecule has 7 nitrogen and oxygen atoms in total. The van der Waals surface area contributed by atoms with E-state index in [2.05, 4.69) is 10.2 Å². The average molecular weight is 475 g/mol. The van der Waals surface area contributed by atoms with Crippen LogP contribution in [0.1, 0.15) is 76.7 Å². The van der Waals surface area contributed by atoms with E-state index in [0.717, 1.165) is 63.5 Å². The largest absolute Gasteiger partial charge is 0.466 e. The quantitative estimate of drug-likeness (QED) is 0.508. The fourth-order valence-corrected chi connectivity index (χ4v) is 5.76. The topological polar surface area (TPSA) is 88.1 Å². The van der Waals surface area contributed by atoms with Crippen LogP contribution >= 0.6 is 0 Å². The molecule has 2 saturated carbocycles. The summed E-state index contributed by atoms with van der Waals surface area (Å²) in [4.78, 5) is 27.0. The molecule has 2 atom stereocenters. The predicted octanol–water partition coefficient (Wildman–Crippen LogP) is 4.62. The van der Waals surface area contributed by atoms with Gasteiger partial charge in [-0.2, -0.15) is 0 Å². The summed E-state index contributed by atoms with van der Waals surface area (Å²) < 4.78 is 10.8. The van der Waals surface area contributed by atoms with Gasteiger partial charge in [0.2, 0.25) is 0 Å². The van der Waals surface area contributed by atoms with Crippen molar-refractivity contribution < 1.29 is 24.2 Å². The second-order valence-corrected chi connectivity index (χ2v) is 10.4. The van der Waals surface area contributed by atoms with Crippen LogP contribution in [0, 0.1) is 11.3 Å². The van der Waals surface area contributed by atoms with Crippen LogP contribution in [0.15, 0.2) is 24.3 Å². The molecule has 0 radical (unpaired) electrons. The third-order valence-corrected chi connectivity index (χ3v) is 7.51. The number of hydrogen-bond donors (Lipinski definition) is 2. The van der Waals surface area contributed by atoms with Crippen LogP contribution in [-0.4, -0.2) is 55.9 Å². The van der Waals surface area contributed by atoms with Gasteiger partial charge in [-0.25, -0.2) is 4.79 Å². The summed E-state index contributed by atoms with van der Waals surface area (Å²) in [6.45, 7) is 3.37. The lowest BCUT2D eigenvalue weighted by atomic mass is 9.71. The Morgan fingerprint density at radius 2 is 1.85 bits per heavy atom. The molecule has 1 aromatic carbocycles. The molecule has 0 aromatic heterocycles. The standard InChI is InChI=1S/C27H42N2O5/c1-4-33-24(30)18-26(14-7-5-8-15-26)20-28-25(31)34-23-13-10-12-21(17-23)27(32)16-9-6-11-22(27)19-29(2)3/h10,12-13,17,22,32H,4-9,11,14-16,18-20H2,1-3H3,(H,28,31)/t22-,27-/m1/s1. The van der Waals surface area contributed by atoms with Crippen molar-refractivity contribution in [2.24, 2.45) is 11.3 Å². The Hall–Kier alpha value is -2.12. The first-order valence-electron chi connectivity index (χ1n) is 12.9. The van der Waals surface area contributed by atoms with Crippen molar-refractivity contribution in [3.63, 3.8) is 0 Å². The molecular formula is C27H42N2O5. The number of hydrogen-bond acceptors (Lipinski definition) is 6. The molecule has 1 aromatic rings. The Kier molecular flexibility index (Phi) is 9.37. The molecule has 0 bridgehead atoms. The van der Waals surface area contributed by atoms with Gasteiger partial charge in [0.25, 0.3) is 0 Å². The van der Waals surface area contributed by atoms with Crippen molar-refractivity contribution in [2.75, 3.05) is 33.8 Å². The van der Waals surface area contributed by atoms with Crippen LogP contribution in [0.4, 0.5) is 4.79 Å². The smallest absolute Gasteiger partial charge is 0.412 e. The maximum Gasteiger partial charge on any atom is 0.412 e. The van der Waals surface area contributed by atoms with Crippen LogP contribution in [-0.2, 0) is 15.1 Å². The van der Waals surface area contributed by atoms with Crippen LogP contribution in [0.2, 0.25) is 0 Å². The monoisotopic (exact) mass is 474 g/mol. The predicted molar refractivity (Wildman–Crippen MR) is 132 cm³/mol. The number of aliphatic hydroxyl groups is 1. The van der Waals surface area contributed by atoms with E-state index < -0.39 is 11.7 Å². The molecule has 2 fully saturated rings. The number of ether oxygens (including phenoxy) is 2. The number of nitrogens with one attached hydrogen (secondary N) is 1. The minimum Gasteiger partial charge on any atom is -0.466 e. The van der Waals surface area contributed by atoms with Gasteiger partial charge in [0.15, 0.2) is 0 Å². The Bertz CT molecular complexity index is 821. The van der Waals surface area contributed by atoms with Gasteiger partial charge in [-0.1, -0.05) is 44.2 Å². The van der Waals surface area contributed by atoms with Gasteiger partial charge in [0, 0.05) is 19.0 Å². The first-order valence-corrected chi connectivity index (χ1v) is 12.9. The lowest BCUT2D eigenvalue weighted by Gasteiger charge is -2.41. The van der Waals surface area contributed by atoms with Crippen LogP contribution < -0.4 is 10.1 Å². The molecule has 0 aliphatic heterocycles. The van der Waals surface area contributed by atoms with Crippen molar-refractivity contribution in [3.05, 3.63) is 29.8 Å². The van der Waals surface area contributed by atoms with Gasteiger partial charge in [-0.3, -0.25) is 4.79 Å². The summed E-state index contributed by atoms with van der Waals surface area (Å²) >= 11 is 0. The molecule has 190 valence electrons. The summed E-state index contributed by atoms with van der Waals surface area (Å²) in [7, 11) is 4.06. The van der Waals surface area contributed by atoms with Crippen molar-refractivity contribution in [1.29, 1.82) is 0 Å². The number of carbonyl (C=O) groups is 2. The summed E-state index contributed by atoms with van der Waals surface area (Å²) in [6.07, 6.45) is 8.59. The molecule has 0 heterocycles. The zero-order valence-electron chi connectivity index (χ0n) is 21.1. The highest BCUT2D eigenvalue weighted by Gasteiger charge is 2.41. The number of nitrogens with zero attached hydrogens (tertiary/aromatic N) is 1. The molecule has 7 heteroatoms. The van der Waals surface area contributed by atoms with E-state index in [1.165, 1.54) is 0 Å². The number of rotatable bonds is 9. The molecule has 0 spiro atoms. The van der Waals surface area contributed by atoms with Crippen LogP contribution in [0.5, 0.6) is 5.75 Å². The highest BCUT2D eigenvalue weighted by molar-refractivity contribution is 5.72. The van der Waals surface area contributed by atoms with Gasteiger partial charge in [-0.15, -0.1) is 0 Å². The Morgan fingerprint density at radius 1 is 1.12 bits per heavy atom. The second kappa shape index (κ2) is 12.0. The molecule has 1 amide bonds. The van der Waals surface area contributed by atoms with E-state index in [9.17, 15) is 14.7 Å². The van der Waals surface area contributed by atoms with Crippen LogP contribution in [0.25, 0.3) is 0 Å². The molecule has 0 unspecified atom stereocenters. The first kappa shape index (κ1) is 26.5. The highest BCUT2D eigenvalue weighted by atomic mass is 16.6. The molecule has 0 saturated heterocycles. The number of carbonyl (C=O) groups excluding carboxylic acids is 2. The number of benzene rings is 1. The number of amides is 1. The first-order chi connectivity index (χ1) is 16.3. The van der Waals surface area contributed by atoms with Gasteiger partial charge in [0.1, 0.15) is 5.75 Å². The molecule has 3 rings (SSSR count). The average Bonchev–Trinajstić information content (AvgIpc) is 2.80. The second-order valence-electron chi connectivity index (χ2n) is 10.4. The lowest BCUT2D eigenvalue weighted by molar-refractivity contribution is -0.146. The summed E-state index contributed by atoms with van der Waals surface area (Å²) in [5.74, 6) is 0.343. The van der Waals surface area contributed by atoms with E-state index in [1.54, 1.807) is 12.1 Å². The molecule has 2 aliphatic rings. The normalized spacial score (nSPS) is 24.4.